The van der Waals surface area contributed by atoms with Gasteiger partial charge in [-0.15, -0.1) is 0 Å². The van der Waals surface area contributed by atoms with E-state index in [0.29, 0.717) is 10.9 Å². The second-order valence-corrected chi connectivity index (χ2v) is 3.75. The molecular formula is C10H14N2OS. The van der Waals surface area contributed by atoms with Crippen molar-refractivity contribution in [2.45, 2.75) is 26.9 Å². The summed E-state index contributed by atoms with van der Waals surface area (Å²) in [5.74, 6) is 0.609. The molecule has 0 amide bonds. The minimum Gasteiger partial charge on any atom is -0.475 e. The van der Waals surface area contributed by atoms with Crippen LogP contribution in [0.2, 0.25) is 0 Å². The normalized spacial score (nSPS) is 10.3. The fourth-order valence-electron chi connectivity index (χ4n) is 1.11. The first kappa shape index (κ1) is 10.9. The quantitative estimate of drug-likeness (QED) is 0.773. The van der Waals surface area contributed by atoms with Crippen molar-refractivity contribution >= 4 is 17.2 Å². The van der Waals surface area contributed by atoms with Gasteiger partial charge in [-0.25, -0.2) is 4.98 Å². The van der Waals surface area contributed by atoms with Gasteiger partial charge in [-0.05, 0) is 26.8 Å². The number of rotatable bonds is 3. The lowest BCUT2D eigenvalue weighted by Crippen LogP contribution is -2.13. The van der Waals surface area contributed by atoms with Crippen LogP contribution in [0.15, 0.2) is 12.1 Å². The number of nitrogens with two attached hydrogens (primary N) is 1. The Morgan fingerprint density at radius 3 is 2.57 bits per heavy atom. The third-order valence-corrected chi connectivity index (χ3v) is 1.90. The molecule has 14 heavy (non-hydrogen) atoms. The number of hydrogen-bond acceptors (Lipinski definition) is 3. The van der Waals surface area contributed by atoms with E-state index in [1.54, 1.807) is 6.07 Å². The minimum atomic E-state index is 0.123. The van der Waals surface area contributed by atoms with Crippen molar-refractivity contribution in [2.75, 3.05) is 0 Å². The van der Waals surface area contributed by atoms with Crippen LogP contribution >= 0.6 is 12.2 Å². The molecule has 2 N–H and O–H groups in total. The summed E-state index contributed by atoms with van der Waals surface area (Å²) in [5.41, 5.74) is 7.12. The molecule has 1 aromatic rings. The number of aromatic nitrogens is 1. The van der Waals surface area contributed by atoms with Crippen LogP contribution in [-0.4, -0.2) is 16.1 Å². The Labute approximate surface area is 89.3 Å². The second kappa shape index (κ2) is 4.37. The van der Waals surface area contributed by atoms with Gasteiger partial charge in [-0.3, -0.25) is 0 Å². The predicted octanol–water partition coefficient (Wildman–Crippen LogP) is 1.81. The zero-order valence-electron chi connectivity index (χ0n) is 8.57. The Kier molecular flexibility index (Phi) is 3.41. The molecule has 1 rings (SSSR count). The first-order valence-corrected chi connectivity index (χ1v) is 4.85. The van der Waals surface area contributed by atoms with Crippen LogP contribution in [0.1, 0.15) is 25.1 Å². The lowest BCUT2D eigenvalue weighted by atomic mass is 10.2. The topological polar surface area (TPSA) is 48.1 Å². The average molecular weight is 210 g/mol. The van der Waals surface area contributed by atoms with Crippen LogP contribution in [-0.2, 0) is 0 Å². The van der Waals surface area contributed by atoms with Crippen molar-refractivity contribution in [1.29, 1.82) is 0 Å². The summed E-state index contributed by atoms with van der Waals surface area (Å²) in [7, 11) is 0. The highest BCUT2D eigenvalue weighted by Gasteiger charge is 2.05. The second-order valence-electron chi connectivity index (χ2n) is 3.31. The van der Waals surface area contributed by atoms with Crippen LogP contribution in [0.25, 0.3) is 0 Å². The fourth-order valence-corrected chi connectivity index (χ4v) is 1.32. The van der Waals surface area contributed by atoms with Crippen LogP contribution in [0.5, 0.6) is 5.88 Å². The van der Waals surface area contributed by atoms with Crippen molar-refractivity contribution in [2.24, 2.45) is 5.73 Å². The van der Waals surface area contributed by atoms with Gasteiger partial charge >= 0.3 is 0 Å². The molecule has 0 atom stereocenters. The molecule has 0 spiro atoms. The van der Waals surface area contributed by atoms with Gasteiger partial charge in [-0.2, -0.15) is 0 Å². The number of pyridine rings is 1. The summed E-state index contributed by atoms with van der Waals surface area (Å²) in [6.07, 6.45) is 0.123. The van der Waals surface area contributed by atoms with Crippen LogP contribution in [0, 0.1) is 6.92 Å². The van der Waals surface area contributed by atoms with Gasteiger partial charge in [-0.1, -0.05) is 12.2 Å². The number of nitrogens with zero attached hydrogens (tertiary/aromatic N) is 1. The molecule has 0 aromatic carbocycles. The maximum Gasteiger partial charge on any atom is 0.213 e. The molecule has 3 nitrogen and oxygen atoms in total. The van der Waals surface area contributed by atoms with Crippen molar-refractivity contribution in [1.82, 2.24) is 4.98 Å². The molecule has 0 aliphatic carbocycles. The van der Waals surface area contributed by atoms with E-state index in [0.717, 1.165) is 11.3 Å². The Morgan fingerprint density at radius 1 is 1.50 bits per heavy atom. The summed E-state index contributed by atoms with van der Waals surface area (Å²) < 4.78 is 5.43. The summed E-state index contributed by atoms with van der Waals surface area (Å²) >= 11 is 4.88. The van der Waals surface area contributed by atoms with Gasteiger partial charge in [0.05, 0.1) is 11.8 Å². The molecule has 1 aromatic heterocycles. The van der Waals surface area contributed by atoms with Crippen molar-refractivity contribution in [3.63, 3.8) is 0 Å². The van der Waals surface area contributed by atoms with Gasteiger partial charge in [0, 0.05) is 11.6 Å². The summed E-state index contributed by atoms with van der Waals surface area (Å²) in [5, 5.41) is 0. The highest BCUT2D eigenvalue weighted by atomic mass is 32.1. The summed E-state index contributed by atoms with van der Waals surface area (Å²) in [4.78, 5) is 4.61. The van der Waals surface area contributed by atoms with Crippen LogP contribution in [0.4, 0.5) is 0 Å². The van der Waals surface area contributed by atoms with Crippen LogP contribution in [0.3, 0.4) is 0 Å². The number of thiocarbonyl (C=S) groups is 1. The molecule has 0 radical (unpaired) electrons. The van der Waals surface area contributed by atoms with Gasteiger partial charge < -0.3 is 10.5 Å². The molecule has 76 valence electrons. The molecule has 4 heteroatoms. The Morgan fingerprint density at radius 2 is 2.14 bits per heavy atom. The van der Waals surface area contributed by atoms with Crippen molar-refractivity contribution in [3.8, 4) is 5.88 Å². The lowest BCUT2D eigenvalue weighted by Gasteiger charge is -2.10. The largest absolute Gasteiger partial charge is 0.475 e. The maximum atomic E-state index is 5.52. The zero-order chi connectivity index (χ0) is 10.7. The van der Waals surface area contributed by atoms with E-state index in [-0.39, 0.29) is 6.10 Å². The highest BCUT2D eigenvalue weighted by molar-refractivity contribution is 7.80. The molecule has 0 unspecified atom stereocenters. The van der Waals surface area contributed by atoms with Gasteiger partial charge in [0.2, 0.25) is 5.88 Å². The zero-order valence-corrected chi connectivity index (χ0v) is 9.39. The maximum absolute atomic E-state index is 5.52. The highest BCUT2D eigenvalue weighted by Crippen LogP contribution is 2.13. The first-order chi connectivity index (χ1) is 6.50. The average Bonchev–Trinajstić information content (AvgIpc) is 2.01. The standard InChI is InChI=1S/C10H14N2OS/c1-6(2)13-9-5-4-8(10(11)14)7(3)12-9/h4-6H,1-3H3,(H2,11,14). The smallest absolute Gasteiger partial charge is 0.213 e. The first-order valence-electron chi connectivity index (χ1n) is 4.45. The van der Waals surface area contributed by atoms with Crippen molar-refractivity contribution in [3.05, 3.63) is 23.4 Å². The molecule has 0 saturated carbocycles. The van der Waals surface area contributed by atoms with E-state index >= 15 is 0 Å². The molecule has 0 saturated heterocycles. The molecule has 0 aliphatic rings. The van der Waals surface area contributed by atoms with Crippen LogP contribution < -0.4 is 10.5 Å². The molecule has 1 heterocycles. The molecule has 0 fully saturated rings. The van der Waals surface area contributed by atoms with Gasteiger partial charge in [0.25, 0.3) is 0 Å². The summed E-state index contributed by atoms with van der Waals surface area (Å²) in [6, 6.07) is 3.61. The van der Waals surface area contributed by atoms with E-state index in [9.17, 15) is 0 Å². The SMILES string of the molecule is Cc1nc(OC(C)C)ccc1C(N)=S. The molecular weight excluding hydrogens is 196 g/mol. The van der Waals surface area contributed by atoms with E-state index in [2.05, 4.69) is 4.98 Å². The number of aryl methyl sites for hydroxylation is 1. The Balaban J connectivity index is 2.94. The third kappa shape index (κ3) is 2.67. The minimum absolute atomic E-state index is 0.123. The Bertz CT molecular complexity index is 350. The number of hydrogen-bond donors (Lipinski definition) is 1. The van der Waals surface area contributed by atoms with Crippen molar-refractivity contribution < 1.29 is 4.74 Å². The monoisotopic (exact) mass is 210 g/mol. The third-order valence-electron chi connectivity index (χ3n) is 1.68. The van der Waals surface area contributed by atoms with E-state index in [1.165, 1.54) is 0 Å². The van der Waals surface area contributed by atoms with Gasteiger partial charge in [0.15, 0.2) is 0 Å². The predicted molar refractivity (Wildman–Crippen MR) is 60.6 cm³/mol. The fraction of sp³-hybridized carbons (Fsp3) is 0.400. The van der Waals surface area contributed by atoms with E-state index in [1.807, 2.05) is 26.8 Å². The molecule has 0 aliphatic heterocycles. The molecule has 0 bridgehead atoms. The van der Waals surface area contributed by atoms with E-state index < -0.39 is 0 Å². The van der Waals surface area contributed by atoms with Gasteiger partial charge in [0.1, 0.15) is 4.99 Å². The Hall–Kier alpha value is -1.16. The summed E-state index contributed by atoms with van der Waals surface area (Å²) in [6.45, 7) is 5.78. The van der Waals surface area contributed by atoms with E-state index in [4.69, 9.17) is 22.7 Å². The number of ether oxygens (including phenoxy) is 1. The lowest BCUT2D eigenvalue weighted by molar-refractivity contribution is 0.232.